The molecule has 1 aromatic heterocycles. The Balaban J connectivity index is 2.63. The van der Waals surface area contributed by atoms with Crippen LogP contribution in [0.15, 0.2) is 30.5 Å². The molecular formula is C12H15NO2S. The lowest BCUT2D eigenvalue weighted by molar-refractivity contribution is 0.586. The third kappa shape index (κ3) is 1.85. The lowest BCUT2D eigenvalue weighted by Crippen LogP contribution is -2.09. The maximum absolute atomic E-state index is 11.7. The van der Waals surface area contributed by atoms with E-state index in [1.807, 2.05) is 31.2 Å². The highest BCUT2D eigenvalue weighted by molar-refractivity contribution is 7.90. The molecular weight excluding hydrogens is 222 g/mol. The normalized spacial score (nSPS) is 14.1. The summed E-state index contributed by atoms with van der Waals surface area (Å²) in [5.41, 5.74) is 1.86. The van der Waals surface area contributed by atoms with Crippen molar-refractivity contribution < 1.29 is 8.42 Å². The van der Waals surface area contributed by atoms with Crippen LogP contribution in [-0.4, -0.2) is 19.7 Å². The van der Waals surface area contributed by atoms with Gasteiger partial charge in [-0.05, 0) is 18.1 Å². The average Bonchev–Trinajstić information content (AvgIpc) is 2.61. The molecule has 0 aliphatic carbocycles. The van der Waals surface area contributed by atoms with E-state index in [9.17, 15) is 8.42 Å². The van der Waals surface area contributed by atoms with Gasteiger partial charge < -0.3 is 4.98 Å². The summed E-state index contributed by atoms with van der Waals surface area (Å²) in [7, 11) is -3.05. The zero-order valence-corrected chi connectivity index (χ0v) is 10.2. The predicted octanol–water partition coefficient (Wildman–Crippen LogP) is 2.66. The molecule has 0 amide bonds. The van der Waals surface area contributed by atoms with Gasteiger partial charge in [0.1, 0.15) is 0 Å². The summed E-state index contributed by atoms with van der Waals surface area (Å²) in [5.74, 6) is 0. The first kappa shape index (κ1) is 11.2. The van der Waals surface area contributed by atoms with Crippen molar-refractivity contribution >= 4 is 20.7 Å². The molecule has 1 heterocycles. The standard InChI is InChI=1S/C12H15NO2S/c1-3-12(16(2,14)15)10-8-13-11-7-5-4-6-9(10)11/h4-8,12-13H,3H2,1-2H3. The van der Waals surface area contributed by atoms with E-state index in [2.05, 4.69) is 4.98 Å². The molecule has 2 aromatic rings. The summed E-state index contributed by atoms with van der Waals surface area (Å²) in [6.07, 6.45) is 3.70. The molecule has 4 heteroatoms. The van der Waals surface area contributed by atoms with Crippen LogP contribution in [0.1, 0.15) is 24.2 Å². The van der Waals surface area contributed by atoms with Gasteiger partial charge in [-0.3, -0.25) is 0 Å². The van der Waals surface area contributed by atoms with Crippen molar-refractivity contribution in [3.8, 4) is 0 Å². The van der Waals surface area contributed by atoms with E-state index >= 15 is 0 Å². The van der Waals surface area contributed by atoms with Crippen LogP contribution < -0.4 is 0 Å². The maximum atomic E-state index is 11.7. The van der Waals surface area contributed by atoms with E-state index in [0.29, 0.717) is 6.42 Å². The summed E-state index contributed by atoms with van der Waals surface area (Å²) in [6.45, 7) is 1.90. The largest absolute Gasteiger partial charge is 0.361 e. The van der Waals surface area contributed by atoms with Gasteiger partial charge in [-0.15, -0.1) is 0 Å². The Morgan fingerprint density at radius 3 is 2.62 bits per heavy atom. The molecule has 0 bridgehead atoms. The Morgan fingerprint density at radius 1 is 1.31 bits per heavy atom. The van der Waals surface area contributed by atoms with Crippen molar-refractivity contribution in [1.82, 2.24) is 4.98 Å². The zero-order chi connectivity index (χ0) is 11.8. The molecule has 1 unspecified atom stereocenters. The first-order valence-corrected chi connectivity index (χ1v) is 7.24. The molecule has 0 aliphatic rings. The van der Waals surface area contributed by atoms with Crippen molar-refractivity contribution in [1.29, 1.82) is 0 Å². The molecule has 1 aromatic carbocycles. The fourth-order valence-electron chi connectivity index (χ4n) is 2.11. The fourth-order valence-corrected chi connectivity index (χ4v) is 3.38. The van der Waals surface area contributed by atoms with Crippen LogP contribution in [0.3, 0.4) is 0 Å². The molecule has 0 aliphatic heterocycles. The van der Waals surface area contributed by atoms with Crippen LogP contribution in [0, 0.1) is 0 Å². The van der Waals surface area contributed by atoms with Crippen LogP contribution in [0.4, 0.5) is 0 Å². The highest BCUT2D eigenvalue weighted by atomic mass is 32.2. The Morgan fingerprint density at radius 2 is 2.00 bits per heavy atom. The van der Waals surface area contributed by atoms with E-state index in [4.69, 9.17) is 0 Å². The molecule has 0 radical (unpaired) electrons. The van der Waals surface area contributed by atoms with E-state index in [1.165, 1.54) is 6.26 Å². The smallest absolute Gasteiger partial charge is 0.154 e. The van der Waals surface area contributed by atoms with E-state index < -0.39 is 15.1 Å². The van der Waals surface area contributed by atoms with Crippen LogP contribution >= 0.6 is 0 Å². The third-order valence-electron chi connectivity index (χ3n) is 2.86. The van der Waals surface area contributed by atoms with Crippen LogP contribution in [0.5, 0.6) is 0 Å². The summed E-state index contributed by atoms with van der Waals surface area (Å²) in [6, 6.07) is 7.77. The molecule has 86 valence electrons. The molecule has 16 heavy (non-hydrogen) atoms. The van der Waals surface area contributed by atoms with Crippen LogP contribution in [-0.2, 0) is 9.84 Å². The van der Waals surface area contributed by atoms with Crippen LogP contribution in [0.25, 0.3) is 10.9 Å². The molecule has 1 N–H and O–H groups in total. The Bertz CT molecular complexity index is 598. The van der Waals surface area contributed by atoms with Gasteiger partial charge in [-0.1, -0.05) is 25.1 Å². The van der Waals surface area contributed by atoms with Gasteiger partial charge in [0, 0.05) is 23.4 Å². The minimum Gasteiger partial charge on any atom is -0.361 e. The van der Waals surface area contributed by atoms with Crippen molar-refractivity contribution in [2.24, 2.45) is 0 Å². The van der Waals surface area contributed by atoms with Crippen LogP contribution in [0.2, 0.25) is 0 Å². The van der Waals surface area contributed by atoms with Crippen molar-refractivity contribution in [2.45, 2.75) is 18.6 Å². The number of sulfone groups is 1. The zero-order valence-electron chi connectivity index (χ0n) is 9.40. The topological polar surface area (TPSA) is 49.9 Å². The fraction of sp³-hybridized carbons (Fsp3) is 0.333. The second-order valence-electron chi connectivity index (χ2n) is 4.02. The predicted molar refractivity (Wildman–Crippen MR) is 66.2 cm³/mol. The quantitative estimate of drug-likeness (QED) is 0.892. The van der Waals surface area contributed by atoms with E-state index in [0.717, 1.165) is 16.5 Å². The number of nitrogens with one attached hydrogen (secondary N) is 1. The monoisotopic (exact) mass is 237 g/mol. The van der Waals surface area contributed by atoms with Gasteiger partial charge >= 0.3 is 0 Å². The number of H-pyrrole nitrogens is 1. The molecule has 0 spiro atoms. The number of benzene rings is 1. The van der Waals surface area contributed by atoms with Gasteiger partial charge in [-0.25, -0.2) is 8.42 Å². The summed E-state index contributed by atoms with van der Waals surface area (Å²) in [5, 5.41) is 0.587. The number of para-hydroxylation sites is 1. The highest BCUT2D eigenvalue weighted by Gasteiger charge is 2.23. The summed E-state index contributed by atoms with van der Waals surface area (Å²) < 4.78 is 23.4. The maximum Gasteiger partial charge on any atom is 0.154 e. The number of aromatic nitrogens is 1. The number of rotatable bonds is 3. The number of fused-ring (bicyclic) bond motifs is 1. The molecule has 0 fully saturated rings. The Hall–Kier alpha value is -1.29. The molecule has 2 rings (SSSR count). The van der Waals surface area contributed by atoms with Gasteiger partial charge in [0.25, 0.3) is 0 Å². The third-order valence-corrected chi connectivity index (χ3v) is 4.48. The number of hydrogen-bond acceptors (Lipinski definition) is 2. The highest BCUT2D eigenvalue weighted by Crippen LogP contribution is 2.31. The minimum absolute atomic E-state index is 0.413. The van der Waals surface area contributed by atoms with E-state index in [-0.39, 0.29) is 0 Å². The number of hydrogen-bond donors (Lipinski definition) is 1. The first-order valence-electron chi connectivity index (χ1n) is 5.29. The lowest BCUT2D eigenvalue weighted by atomic mass is 10.1. The van der Waals surface area contributed by atoms with Gasteiger partial charge in [0.15, 0.2) is 9.84 Å². The van der Waals surface area contributed by atoms with Gasteiger partial charge in [0.05, 0.1) is 5.25 Å². The summed E-state index contributed by atoms with van der Waals surface area (Å²) >= 11 is 0. The average molecular weight is 237 g/mol. The van der Waals surface area contributed by atoms with Crippen molar-refractivity contribution in [3.05, 3.63) is 36.0 Å². The molecule has 1 atom stereocenters. The Labute approximate surface area is 95.4 Å². The molecule has 3 nitrogen and oxygen atoms in total. The second kappa shape index (κ2) is 3.94. The lowest BCUT2D eigenvalue weighted by Gasteiger charge is -2.11. The summed E-state index contributed by atoms with van der Waals surface area (Å²) in [4.78, 5) is 3.11. The molecule has 0 saturated heterocycles. The Kier molecular flexibility index (Phi) is 2.76. The van der Waals surface area contributed by atoms with E-state index in [1.54, 1.807) is 6.20 Å². The second-order valence-corrected chi connectivity index (χ2v) is 6.24. The van der Waals surface area contributed by atoms with Crippen molar-refractivity contribution in [3.63, 3.8) is 0 Å². The molecule has 0 saturated carbocycles. The van der Waals surface area contributed by atoms with Crippen molar-refractivity contribution in [2.75, 3.05) is 6.26 Å². The number of aromatic amines is 1. The first-order chi connectivity index (χ1) is 7.54. The van der Waals surface area contributed by atoms with Gasteiger partial charge in [0.2, 0.25) is 0 Å². The SMILES string of the molecule is CCC(c1c[nH]c2ccccc12)S(C)(=O)=O. The van der Waals surface area contributed by atoms with Gasteiger partial charge in [-0.2, -0.15) is 0 Å². The minimum atomic E-state index is -3.05.